The van der Waals surface area contributed by atoms with Crippen molar-refractivity contribution in [3.8, 4) is 0 Å². The molecule has 0 saturated heterocycles. The van der Waals surface area contributed by atoms with Crippen LogP contribution in [0.15, 0.2) is 24.3 Å². The summed E-state index contributed by atoms with van der Waals surface area (Å²) >= 11 is 0. The number of esters is 1. The normalized spacial score (nSPS) is 33.1. The van der Waals surface area contributed by atoms with E-state index in [1.807, 2.05) is 19.1 Å². The molecule has 0 aliphatic heterocycles. The van der Waals surface area contributed by atoms with Crippen LogP contribution in [-0.2, 0) is 4.74 Å². The van der Waals surface area contributed by atoms with E-state index in [1.54, 1.807) is 0 Å². The molecule has 0 radical (unpaired) electrons. The van der Waals surface area contributed by atoms with E-state index in [1.165, 1.54) is 18.4 Å². The molecule has 1 aromatic rings. The van der Waals surface area contributed by atoms with Crippen molar-refractivity contribution in [2.24, 2.45) is 23.2 Å². The fourth-order valence-electron chi connectivity index (χ4n) is 4.70. The average Bonchev–Trinajstić information content (AvgIpc) is 2.47. The van der Waals surface area contributed by atoms with Crippen LogP contribution >= 0.6 is 0 Å². The SMILES string of the molecule is CCOC(=O)c1cccc([C@@H]2C[C@H]3C[C@@H]([C@@H]2C)C3(C)C)c1. The molecule has 3 fully saturated rings. The molecule has 0 N–H and O–H groups in total. The van der Waals surface area contributed by atoms with Crippen molar-refractivity contribution in [1.29, 1.82) is 0 Å². The fraction of sp³-hybridized carbons (Fsp3) is 0.632. The lowest BCUT2D eigenvalue weighted by Gasteiger charge is -2.62. The topological polar surface area (TPSA) is 26.3 Å². The molecule has 2 heteroatoms. The third-order valence-electron chi connectivity index (χ3n) is 6.18. The van der Waals surface area contributed by atoms with Gasteiger partial charge in [0.15, 0.2) is 0 Å². The Kier molecular flexibility index (Phi) is 3.59. The Morgan fingerprint density at radius 1 is 1.33 bits per heavy atom. The summed E-state index contributed by atoms with van der Waals surface area (Å²) < 4.78 is 5.12. The molecule has 0 spiro atoms. The smallest absolute Gasteiger partial charge is 0.338 e. The molecule has 3 aliphatic carbocycles. The van der Waals surface area contributed by atoms with Gasteiger partial charge in [-0.3, -0.25) is 0 Å². The minimum Gasteiger partial charge on any atom is -0.462 e. The van der Waals surface area contributed by atoms with Crippen molar-refractivity contribution in [3.05, 3.63) is 35.4 Å². The first-order chi connectivity index (χ1) is 9.95. The van der Waals surface area contributed by atoms with Crippen molar-refractivity contribution >= 4 is 5.97 Å². The Morgan fingerprint density at radius 3 is 2.71 bits per heavy atom. The second-order valence-electron chi connectivity index (χ2n) is 7.41. The van der Waals surface area contributed by atoms with Gasteiger partial charge in [0.1, 0.15) is 0 Å². The summed E-state index contributed by atoms with van der Waals surface area (Å²) in [6.07, 6.45) is 2.65. The summed E-state index contributed by atoms with van der Waals surface area (Å²) in [5.41, 5.74) is 2.52. The highest BCUT2D eigenvalue weighted by molar-refractivity contribution is 5.89. The van der Waals surface area contributed by atoms with Crippen LogP contribution in [0.1, 0.15) is 62.4 Å². The number of ether oxygens (including phenoxy) is 1. The Balaban J connectivity index is 1.82. The maximum Gasteiger partial charge on any atom is 0.338 e. The molecule has 0 unspecified atom stereocenters. The van der Waals surface area contributed by atoms with Crippen LogP contribution < -0.4 is 0 Å². The van der Waals surface area contributed by atoms with Crippen LogP contribution in [0.3, 0.4) is 0 Å². The van der Waals surface area contributed by atoms with Gasteiger partial charge in [-0.2, -0.15) is 0 Å². The number of hydrogen-bond acceptors (Lipinski definition) is 2. The van der Waals surface area contributed by atoms with Gasteiger partial charge in [0.2, 0.25) is 0 Å². The van der Waals surface area contributed by atoms with Gasteiger partial charge in [0, 0.05) is 0 Å². The lowest BCUT2D eigenvalue weighted by molar-refractivity contribution is -0.110. The second kappa shape index (κ2) is 5.15. The highest BCUT2D eigenvalue weighted by atomic mass is 16.5. The number of benzene rings is 1. The molecule has 1 aromatic carbocycles. The van der Waals surface area contributed by atoms with Gasteiger partial charge in [-0.1, -0.05) is 32.9 Å². The van der Waals surface area contributed by atoms with Gasteiger partial charge < -0.3 is 4.74 Å². The zero-order valence-corrected chi connectivity index (χ0v) is 13.6. The van der Waals surface area contributed by atoms with Crippen LogP contribution in [0.25, 0.3) is 0 Å². The highest BCUT2D eigenvalue weighted by Crippen LogP contribution is 2.64. The van der Waals surface area contributed by atoms with Crippen LogP contribution in [-0.4, -0.2) is 12.6 Å². The maximum atomic E-state index is 11.9. The van der Waals surface area contributed by atoms with Gasteiger partial charge in [0.05, 0.1) is 12.2 Å². The molecule has 114 valence electrons. The molecule has 0 heterocycles. The molecule has 4 atom stereocenters. The lowest BCUT2D eigenvalue weighted by atomic mass is 9.43. The Morgan fingerprint density at radius 2 is 2.10 bits per heavy atom. The Labute approximate surface area is 127 Å². The summed E-state index contributed by atoms with van der Waals surface area (Å²) in [4.78, 5) is 11.9. The second-order valence-corrected chi connectivity index (χ2v) is 7.41. The lowest BCUT2D eigenvalue weighted by Crippen LogP contribution is -2.54. The van der Waals surface area contributed by atoms with E-state index in [4.69, 9.17) is 4.74 Å². The predicted molar refractivity (Wildman–Crippen MR) is 84.3 cm³/mol. The van der Waals surface area contributed by atoms with Gasteiger partial charge in [-0.25, -0.2) is 4.79 Å². The van der Waals surface area contributed by atoms with Gasteiger partial charge in [-0.15, -0.1) is 0 Å². The van der Waals surface area contributed by atoms with E-state index in [0.29, 0.717) is 29.4 Å². The number of rotatable bonds is 3. The van der Waals surface area contributed by atoms with Crippen molar-refractivity contribution in [2.75, 3.05) is 6.61 Å². The van der Waals surface area contributed by atoms with Crippen molar-refractivity contribution in [1.82, 2.24) is 0 Å². The molecule has 21 heavy (non-hydrogen) atoms. The number of carbonyl (C=O) groups is 1. The zero-order chi connectivity index (χ0) is 15.2. The van der Waals surface area contributed by atoms with Gasteiger partial charge in [0.25, 0.3) is 0 Å². The Bertz CT molecular complexity index is 546. The third-order valence-corrected chi connectivity index (χ3v) is 6.18. The van der Waals surface area contributed by atoms with Gasteiger partial charge >= 0.3 is 5.97 Å². The highest BCUT2D eigenvalue weighted by Gasteiger charge is 2.56. The summed E-state index contributed by atoms with van der Waals surface area (Å²) in [5.74, 6) is 2.76. The monoisotopic (exact) mass is 286 g/mol. The quantitative estimate of drug-likeness (QED) is 0.756. The van der Waals surface area contributed by atoms with E-state index in [9.17, 15) is 4.79 Å². The van der Waals surface area contributed by atoms with Crippen LogP contribution in [0.5, 0.6) is 0 Å². The number of fused-ring (bicyclic) bond motifs is 2. The Hall–Kier alpha value is -1.31. The minimum atomic E-state index is -0.201. The van der Waals surface area contributed by atoms with E-state index in [2.05, 4.69) is 32.9 Å². The first kappa shape index (κ1) is 14.6. The molecular weight excluding hydrogens is 260 g/mol. The first-order valence-electron chi connectivity index (χ1n) is 8.22. The molecular formula is C19H26O2. The van der Waals surface area contributed by atoms with E-state index < -0.39 is 0 Å². The number of hydrogen-bond donors (Lipinski definition) is 0. The first-order valence-corrected chi connectivity index (χ1v) is 8.22. The summed E-state index contributed by atoms with van der Waals surface area (Å²) in [6.45, 7) is 9.52. The average molecular weight is 286 g/mol. The van der Waals surface area contributed by atoms with Crippen LogP contribution in [0, 0.1) is 23.2 Å². The molecule has 0 amide bonds. The fourth-order valence-corrected chi connectivity index (χ4v) is 4.70. The minimum absolute atomic E-state index is 0.201. The molecule has 3 saturated carbocycles. The summed E-state index contributed by atoms with van der Waals surface area (Å²) in [7, 11) is 0. The van der Waals surface area contributed by atoms with Crippen molar-refractivity contribution in [3.63, 3.8) is 0 Å². The zero-order valence-electron chi connectivity index (χ0n) is 13.6. The molecule has 2 bridgehead atoms. The van der Waals surface area contributed by atoms with E-state index >= 15 is 0 Å². The molecule has 4 rings (SSSR count). The van der Waals surface area contributed by atoms with Crippen LogP contribution in [0.2, 0.25) is 0 Å². The summed E-state index contributed by atoms with van der Waals surface area (Å²) in [5, 5.41) is 0. The largest absolute Gasteiger partial charge is 0.462 e. The number of carbonyl (C=O) groups excluding carboxylic acids is 1. The predicted octanol–water partition coefficient (Wildman–Crippen LogP) is 4.65. The molecule has 3 aliphatic rings. The van der Waals surface area contributed by atoms with E-state index in [0.717, 1.165) is 11.8 Å². The van der Waals surface area contributed by atoms with Crippen molar-refractivity contribution < 1.29 is 9.53 Å². The molecule has 0 aromatic heterocycles. The van der Waals surface area contributed by atoms with Gasteiger partial charge in [-0.05, 0) is 66.5 Å². The third kappa shape index (κ3) is 2.29. The van der Waals surface area contributed by atoms with Crippen molar-refractivity contribution in [2.45, 2.75) is 46.5 Å². The maximum absolute atomic E-state index is 11.9. The van der Waals surface area contributed by atoms with E-state index in [-0.39, 0.29) is 5.97 Å². The standard InChI is InChI=1S/C19H26O2/c1-5-21-18(20)14-8-6-7-13(9-14)16-10-15-11-17(12(16)2)19(15,3)4/h6-9,12,15-17H,5,10-11H2,1-4H3/t12-,15+,16-,17+/m1/s1. The van der Waals surface area contributed by atoms with Crippen LogP contribution in [0.4, 0.5) is 0 Å². The summed E-state index contributed by atoms with van der Waals surface area (Å²) in [6, 6.07) is 8.10. The molecule has 2 nitrogen and oxygen atoms in total.